The summed E-state index contributed by atoms with van der Waals surface area (Å²) in [5.41, 5.74) is 0. The van der Waals surface area contributed by atoms with Gasteiger partial charge in [0, 0.05) is 0 Å². The smallest absolute Gasteiger partial charge is 0.320 e. The van der Waals surface area contributed by atoms with Crippen LogP contribution in [0.2, 0.25) is 72.5 Å². The maximum Gasteiger partial charge on any atom is 0.320 e. The molecule has 0 amide bonds. The molecule has 0 atom stereocenters. The normalized spacial score (nSPS) is 14.2. The lowest BCUT2D eigenvalue weighted by molar-refractivity contribution is 0.271. The van der Waals surface area contributed by atoms with Gasteiger partial charge in [0.15, 0.2) is 16.6 Å². The topological polar surface area (TPSA) is 36.9 Å². The Labute approximate surface area is 213 Å². The molecule has 4 nitrogen and oxygen atoms in total. The van der Waals surface area contributed by atoms with Crippen LogP contribution in [0.3, 0.4) is 0 Å². The fourth-order valence-electron chi connectivity index (χ4n) is 5.08. The quantitative estimate of drug-likeness (QED) is 0.141. The summed E-state index contributed by atoms with van der Waals surface area (Å²) >= 11 is 0. The third-order valence-corrected chi connectivity index (χ3v) is 35.2. The van der Waals surface area contributed by atoms with E-state index >= 15 is 0 Å². The maximum absolute atomic E-state index is 7.40. The van der Waals surface area contributed by atoms with Gasteiger partial charge in [-0.25, -0.2) is 0 Å². The van der Waals surface area contributed by atoms with E-state index in [1.54, 1.807) is 0 Å². The van der Waals surface area contributed by atoms with Crippen LogP contribution in [-0.2, 0) is 16.5 Å². The van der Waals surface area contributed by atoms with Crippen LogP contribution in [0.1, 0.15) is 83.1 Å². The molecular weight excluding hydrogens is 493 g/mol. The van der Waals surface area contributed by atoms with E-state index in [1.165, 1.54) is 36.3 Å². The molecule has 0 saturated carbocycles. The van der Waals surface area contributed by atoms with Gasteiger partial charge in [-0.3, -0.25) is 0 Å². The van der Waals surface area contributed by atoms with Crippen molar-refractivity contribution in [1.29, 1.82) is 0 Å². The predicted octanol–water partition coefficient (Wildman–Crippen LogP) is 9.51. The first-order valence-corrected chi connectivity index (χ1v) is 26.1. The van der Waals surface area contributed by atoms with E-state index in [0.717, 1.165) is 36.3 Å². The molecule has 0 fully saturated rings. The van der Waals surface area contributed by atoms with Gasteiger partial charge in [-0.05, 0) is 72.5 Å². The minimum Gasteiger partial charge on any atom is -0.436 e. The summed E-state index contributed by atoms with van der Waals surface area (Å²) in [6, 6.07) is 13.1. The van der Waals surface area contributed by atoms with Crippen molar-refractivity contribution in [2.24, 2.45) is 0 Å². The summed E-state index contributed by atoms with van der Waals surface area (Å²) in [5, 5.41) is 0. The first kappa shape index (κ1) is 33.9. The SMILES string of the molecule is CC[Si](CC)(CC)O[Si](CC)(CC)O[Si](CC)(CC)O[Si](CC)(CC)O[Si](CC)(CC)CC. The van der Waals surface area contributed by atoms with Gasteiger partial charge in [0.1, 0.15) is 0 Å². The first-order valence-electron chi connectivity index (χ1n) is 14.4. The monoisotopic (exact) mass is 552 g/mol. The summed E-state index contributed by atoms with van der Waals surface area (Å²) in [6.45, 7) is 27.7. The van der Waals surface area contributed by atoms with Crippen molar-refractivity contribution in [2.45, 2.75) is 156 Å². The highest BCUT2D eigenvalue weighted by atomic mass is 28.5. The van der Waals surface area contributed by atoms with Crippen molar-refractivity contribution < 1.29 is 16.5 Å². The lowest BCUT2D eigenvalue weighted by Crippen LogP contribution is -2.64. The maximum atomic E-state index is 7.40. The molecule has 0 radical (unpaired) electrons. The second-order valence-corrected chi connectivity index (χ2v) is 31.7. The Morgan fingerprint density at radius 1 is 0.273 bits per heavy atom. The second-order valence-electron chi connectivity index (χ2n) is 9.75. The molecule has 0 aromatic heterocycles. The van der Waals surface area contributed by atoms with Gasteiger partial charge in [0.25, 0.3) is 0 Å². The Bertz CT molecular complexity index is 456. The number of hydrogen-bond donors (Lipinski definition) is 0. The number of hydrogen-bond acceptors (Lipinski definition) is 4. The van der Waals surface area contributed by atoms with Crippen molar-refractivity contribution in [3.63, 3.8) is 0 Å². The summed E-state index contributed by atoms with van der Waals surface area (Å²) in [6.07, 6.45) is 0. The summed E-state index contributed by atoms with van der Waals surface area (Å²) < 4.78 is 29.3. The average molecular weight is 553 g/mol. The molecule has 0 rings (SSSR count). The zero-order valence-corrected chi connectivity index (χ0v) is 29.6. The summed E-state index contributed by atoms with van der Waals surface area (Å²) in [7, 11) is -10.7. The van der Waals surface area contributed by atoms with Gasteiger partial charge in [0.05, 0.1) is 0 Å². The highest BCUT2D eigenvalue weighted by Gasteiger charge is 2.54. The predicted molar refractivity (Wildman–Crippen MR) is 159 cm³/mol. The lowest BCUT2D eigenvalue weighted by atomic mass is 10.9. The molecule has 0 aliphatic rings. The van der Waals surface area contributed by atoms with E-state index in [-0.39, 0.29) is 0 Å². The van der Waals surface area contributed by atoms with Crippen molar-refractivity contribution in [3.05, 3.63) is 0 Å². The van der Waals surface area contributed by atoms with E-state index in [4.69, 9.17) is 16.5 Å². The lowest BCUT2D eigenvalue weighted by Gasteiger charge is -2.49. The van der Waals surface area contributed by atoms with Crippen LogP contribution in [0.15, 0.2) is 0 Å². The van der Waals surface area contributed by atoms with Gasteiger partial charge in [-0.1, -0.05) is 83.1 Å². The Morgan fingerprint density at radius 2 is 0.455 bits per heavy atom. The molecule has 0 aliphatic heterocycles. The molecule has 0 N–H and O–H groups in total. The standard InChI is InChI=1S/C24H60O4Si5/c1-13-29(14-2,15-3)25-31(19-7,20-8)27-33(23-11,24-12)28-32(21-9,22-10)26-30(16-4,17-5)18-6/h13-24H2,1-12H3. The first-order chi connectivity index (χ1) is 15.6. The van der Waals surface area contributed by atoms with Crippen LogP contribution >= 0.6 is 0 Å². The van der Waals surface area contributed by atoms with Gasteiger partial charge < -0.3 is 16.5 Å². The molecule has 0 unspecified atom stereocenters. The third-order valence-electron chi connectivity index (χ3n) is 8.65. The minimum atomic E-state index is -2.46. The molecular formula is C24H60O4Si5. The van der Waals surface area contributed by atoms with E-state index in [2.05, 4.69) is 83.1 Å². The average Bonchev–Trinajstić information content (AvgIpc) is 2.89. The van der Waals surface area contributed by atoms with Crippen molar-refractivity contribution >= 4 is 42.3 Å². The molecule has 0 bridgehead atoms. The van der Waals surface area contributed by atoms with Crippen molar-refractivity contribution in [1.82, 2.24) is 0 Å². The van der Waals surface area contributed by atoms with Crippen LogP contribution < -0.4 is 0 Å². The largest absolute Gasteiger partial charge is 0.436 e. The molecule has 9 heteroatoms. The van der Waals surface area contributed by atoms with Crippen LogP contribution in [0.5, 0.6) is 0 Å². The zero-order valence-electron chi connectivity index (χ0n) is 24.6. The Hall–Kier alpha value is 0.924. The van der Waals surface area contributed by atoms with Crippen LogP contribution in [0, 0.1) is 0 Å². The molecule has 0 spiro atoms. The van der Waals surface area contributed by atoms with Crippen LogP contribution in [-0.4, -0.2) is 42.3 Å². The second kappa shape index (κ2) is 15.2. The van der Waals surface area contributed by atoms with Gasteiger partial charge >= 0.3 is 25.7 Å². The van der Waals surface area contributed by atoms with Gasteiger partial charge in [-0.2, -0.15) is 0 Å². The van der Waals surface area contributed by atoms with E-state index in [0.29, 0.717) is 0 Å². The zero-order chi connectivity index (χ0) is 25.8. The fraction of sp³-hybridized carbons (Fsp3) is 1.00. The van der Waals surface area contributed by atoms with Gasteiger partial charge in [-0.15, -0.1) is 0 Å². The Balaban J connectivity index is 6.32. The summed E-state index contributed by atoms with van der Waals surface area (Å²) in [5.74, 6) is 0. The minimum absolute atomic E-state index is 0.984. The molecule has 0 saturated heterocycles. The van der Waals surface area contributed by atoms with E-state index in [1.807, 2.05) is 0 Å². The molecule has 33 heavy (non-hydrogen) atoms. The van der Waals surface area contributed by atoms with E-state index in [9.17, 15) is 0 Å². The number of rotatable bonds is 20. The summed E-state index contributed by atoms with van der Waals surface area (Å²) in [4.78, 5) is 0. The Kier molecular flexibility index (Phi) is 15.7. The van der Waals surface area contributed by atoms with Gasteiger partial charge in [0.2, 0.25) is 0 Å². The van der Waals surface area contributed by atoms with Crippen molar-refractivity contribution in [2.75, 3.05) is 0 Å². The van der Waals surface area contributed by atoms with Crippen LogP contribution in [0.4, 0.5) is 0 Å². The Morgan fingerprint density at radius 3 is 0.606 bits per heavy atom. The molecule has 200 valence electrons. The van der Waals surface area contributed by atoms with E-state index < -0.39 is 42.3 Å². The third kappa shape index (κ3) is 8.48. The fourth-order valence-corrected chi connectivity index (χ4v) is 33.3. The van der Waals surface area contributed by atoms with Crippen LogP contribution in [0.25, 0.3) is 0 Å². The molecule has 0 aromatic carbocycles. The molecule has 0 aliphatic carbocycles. The van der Waals surface area contributed by atoms with Crippen molar-refractivity contribution in [3.8, 4) is 0 Å². The highest BCUT2D eigenvalue weighted by molar-refractivity contribution is 6.92. The molecule has 0 aromatic rings. The molecule has 0 heterocycles. The highest BCUT2D eigenvalue weighted by Crippen LogP contribution is 2.39.